The lowest BCUT2D eigenvalue weighted by Crippen LogP contribution is -2.14. The third kappa shape index (κ3) is 4.51. The second-order valence-corrected chi connectivity index (χ2v) is 7.80. The van der Waals surface area contributed by atoms with Gasteiger partial charge >= 0.3 is 0 Å². The molecule has 1 heterocycles. The standard InChI is InChI=1S/C22H25ClN2O2/c1-5-14(4)15-7-9-20-19(11-15)25-22(27-20)16-6-8-17(23)18(12-16)24-21(26)10-13(2)3/h6-9,11-14H,5,10H2,1-4H3,(H,24,26). The van der Waals surface area contributed by atoms with Crippen molar-refractivity contribution < 1.29 is 9.21 Å². The topological polar surface area (TPSA) is 55.1 Å². The maximum atomic E-state index is 12.1. The van der Waals surface area contributed by atoms with Gasteiger partial charge in [-0.05, 0) is 54.2 Å². The molecule has 1 unspecified atom stereocenters. The van der Waals surface area contributed by atoms with E-state index < -0.39 is 0 Å². The number of aromatic nitrogens is 1. The number of benzene rings is 2. The van der Waals surface area contributed by atoms with Gasteiger partial charge in [-0.3, -0.25) is 4.79 Å². The highest BCUT2D eigenvalue weighted by Crippen LogP contribution is 2.32. The molecule has 0 bridgehead atoms. The molecule has 0 radical (unpaired) electrons. The number of carbonyl (C=O) groups is 1. The lowest BCUT2D eigenvalue weighted by Gasteiger charge is -2.09. The first-order chi connectivity index (χ1) is 12.9. The second-order valence-electron chi connectivity index (χ2n) is 7.40. The summed E-state index contributed by atoms with van der Waals surface area (Å²) in [7, 11) is 0. The number of oxazole rings is 1. The number of amides is 1. The number of rotatable bonds is 6. The molecule has 0 fully saturated rings. The number of nitrogens with one attached hydrogen (secondary N) is 1. The van der Waals surface area contributed by atoms with Crippen LogP contribution in [0.3, 0.4) is 0 Å². The van der Waals surface area contributed by atoms with E-state index in [-0.39, 0.29) is 11.8 Å². The van der Waals surface area contributed by atoms with E-state index >= 15 is 0 Å². The molecule has 5 heteroatoms. The zero-order valence-corrected chi connectivity index (χ0v) is 16.9. The Kier molecular flexibility index (Phi) is 5.85. The summed E-state index contributed by atoms with van der Waals surface area (Å²) in [6.07, 6.45) is 1.52. The number of nitrogens with zero attached hydrogens (tertiary/aromatic N) is 1. The smallest absolute Gasteiger partial charge is 0.227 e. The number of halogens is 1. The van der Waals surface area contributed by atoms with Crippen LogP contribution in [-0.4, -0.2) is 10.9 Å². The van der Waals surface area contributed by atoms with Crippen LogP contribution in [0.2, 0.25) is 5.02 Å². The third-order valence-electron chi connectivity index (χ3n) is 4.67. The Morgan fingerprint density at radius 2 is 1.96 bits per heavy atom. The van der Waals surface area contributed by atoms with E-state index in [4.69, 9.17) is 16.0 Å². The van der Waals surface area contributed by atoms with Crippen LogP contribution in [-0.2, 0) is 4.79 Å². The summed E-state index contributed by atoms with van der Waals surface area (Å²) in [5, 5.41) is 3.37. The van der Waals surface area contributed by atoms with Gasteiger partial charge in [0.05, 0.1) is 10.7 Å². The summed E-state index contributed by atoms with van der Waals surface area (Å²) in [5.41, 5.74) is 4.19. The fourth-order valence-corrected chi connectivity index (χ4v) is 3.10. The molecule has 0 saturated heterocycles. The lowest BCUT2D eigenvalue weighted by atomic mass is 9.98. The summed E-state index contributed by atoms with van der Waals surface area (Å²) in [6, 6.07) is 11.5. The van der Waals surface area contributed by atoms with Gasteiger partial charge in [0, 0.05) is 12.0 Å². The van der Waals surface area contributed by atoms with Crippen LogP contribution in [0.4, 0.5) is 5.69 Å². The maximum absolute atomic E-state index is 12.1. The number of anilines is 1. The zero-order chi connectivity index (χ0) is 19.6. The van der Waals surface area contributed by atoms with Crippen molar-refractivity contribution in [3.63, 3.8) is 0 Å². The predicted octanol–water partition coefficient (Wildman–Crippen LogP) is 6.65. The molecule has 1 aromatic heterocycles. The summed E-state index contributed by atoms with van der Waals surface area (Å²) >= 11 is 6.25. The van der Waals surface area contributed by atoms with E-state index in [1.807, 2.05) is 26.0 Å². The Labute approximate surface area is 164 Å². The van der Waals surface area contributed by atoms with Crippen LogP contribution in [0.5, 0.6) is 0 Å². The molecule has 1 N–H and O–H groups in total. The summed E-state index contributed by atoms with van der Waals surface area (Å²) in [4.78, 5) is 16.7. The minimum absolute atomic E-state index is 0.0557. The van der Waals surface area contributed by atoms with Crippen LogP contribution in [0.25, 0.3) is 22.6 Å². The molecule has 4 nitrogen and oxygen atoms in total. The molecule has 3 aromatic rings. The highest BCUT2D eigenvalue weighted by molar-refractivity contribution is 6.33. The van der Waals surface area contributed by atoms with Gasteiger partial charge < -0.3 is 9.73 Å². The Bertz CT molecular complexity index is 962. The minimum atomic E-state index is -0.0557. The quantitative estimate of drug-likeness (QED) is 0.517. The van der Waals surface area contributed by atoms with Crippen LogP contribution in [0.15, 0.2) is 40.8 Å². The van der Waals surface area contributed by atoms with Crippen molar-refractivity contribution in [2.45, 2.75) is 46.5 Å². The van der Waals surface area contributed by atoms with E-state index in [2.05, 4.69) is 36.3 Å². The monoisotopic (exact) mass is 384 g/mol. The Morgan fingerprint density at radius 3 is 2.67 bits per heavy atom. The van der Waals surface area contributed by atoms with Crippen molar-refractivity contribution in [2.24, 2.45) is 5.92 Å². The first-order valence-corrected chi connectivity index (χ1v) is 9.75. The van der Waals surface area contributed by atoms with Crippen LogP contribution >= 0.6 is 11.6 Å². The van der Waals surface area contributed by atoms with E-state index in [9.17, 15) is 4.79 Å². The van der Waals surface area contributed by atoms with Gasteiger partial charge in [0.2, 0.25) is 11.8 Å². The number of hydrogen-bond donors (Lipinski definition) is 1. The van der Waals surface area contributed by atoms with Gasteiger partial charge in [-0.1, -0.05) is 45.4 Å². The maximum Gasteiger partial charge on any atom is 0.227 e. The third-order valence-corrected chi connectivity index (χ3v) is 5.00. The molecule has 27 heavy (non-hydrogen) atoms. The fourth-order valence-electron chi connectivity index (χ4n) is 2.94. The van der Waals surface area contributed by atoms with Crippen molar-refractivity contribution in [1.29, 1.82) is 0 Å². The molecule has 0 aliphatic rings. The van der Waals surface area contributed by atoms with Crippen LogP contribution in [0.1, 0.15) is 52.0 Å². The molecule has 3 rings (SSSR count). The van der Waals surface area contributed by atoms with Gasteiger partial charge in [-0.2, -0.15) is 0 Å². The first-order valence-electron chi connectivity index (χ1n) is 9.37. The van der Waals surface area contributed by atoms with Crippen LogP contribution < -0.4 is 5.32 Å². The summed E-state index contributed by atoms with van der Waals surface area (Å²) in [6.45, 7) is 8.38. The van der Waals surface area contributed by atoms with Crippen molar-refractivity contribution in [3.05, 3.63) is 47.0 Å². The lowest BCUT2D eigenvalue weighted by molar-refractivity contribution is -0.116. The summed E-state index contributed by atoms with van der Waals surface area (Å²) in [5.74, 6) is 1.22. The summed E-state index contributed by atoms with van der Waals surface area (Å²) < 4.78 is 5.92. The van der Waals surface area contributed by atoms with Crippen molar-refractivity contribution >= 4 is 34.3 Å². The fraction of sp³-hybridized carbons (Fsp3) is 0.364. The van der Waals surface area contributed by atoms with E-state index in [1.165, 1.54) is 5.56 Å². The molecule has 0 spiro atoms. The van der Waals surface area contributed by atoms with Gasteiger partial charge in [-0.15, -0.1) is 0 Å². The van der Waals surface area contributed by atoms with E-state index in [0.717, 1.165) is 23.1 Å². The predicted molar refractivity (Wildman–Crippen MR) is 111 cm³/mol. The van der Waals surface area contributed by atoms with Crippen molar-refractivity contribution in [2.75, 3.05) is 5.32 Å². The minimum Gasteiger partial charge on any atom is -0.436 e. The van der Waals surface area contributed by atoms with Gasteiger partial charge in [0.25, 0.3) is 0 Å². The zero-order valence-electron chi connectivity index (χ0n) is 16.2. The second kappa shape index (κ2) is 8.13. The Morgan fingerprint density at radius 1 is 1.19 bits per heavy atom. The normalized spacial score (nSPS) is 12.5. The van der Waals surface area contributed by atoms with Gasteiger partial charge in [0.15, 0.2) is 5.58 Å². The first kappa shape index (κ1) is 19.4. The molecule has 0 aliphatic heterocycles. The van der Waals surface area contributed by atoms with Gasteiger partial charge in [-0.25, -0.2) is 4.98 Å². The van der Waals surface area contributed by atoms with E-state index in [1.54, 1.807) is 12.1 Å². The largest absolute Gasteiger partial charge is 0.436 e. The van der Waals surface area contributed by atoms with Gasteiger partial charge in [0.1, 0.15) is 5.52 Å². The van der Waals surface area contributed by atoms with E-state index in [0.29, 0.717) is 28.9 Å². The van der Waals surface area contributed by atoms with Crippen molar-refractivity contribution in [1.82, 2.24) is 4.98 Å². The molecular formula is C22H25ClN2O2. The number of carbonyl (C=O) groups excluding carboxylic acids is 1. The number of fused-ring (bicyclic) bond motifs is 1. The van der Waals surface area contributed by atoms with Crippen LogP contribution in [0, 0.1) is 5.92 Å². The Hall–Kier alpha value is -2.33. The molecule has 0 saturated carbocycles. The van der Waals surface area contributed by atoms with Crippen molar-refractivity contribution in [3.8, 4) is 11.5 Å². The molecule has 142 valence electrons. The SMILES string of the molecule is CCC(C)c1ccc2oc(-c3ccc(Cl)c(NC(=O)CC(C)C)c3)nc2c1. The Balaban J connectivity index is 1.91. The molecule has 2 aromatic carbocycles. The molecule has 0 aliphatic carbocycles. The molecule has 1 amide bonds. The molecule has 1 atom stereocenters. The number of hydrogen-bond acceptors (Lipinski definition) is 3. The highest BCUT2D eigenvalue weighted by Gasteiger charge is 2.14. The average molecular weight is 385 g/mol. The molecular weight excluding hydrogens is 360 g/mol. The highest BCUT2D eigenvalue weighted by atomic mass is 35.5. The average Bonchev–Trinajstić information content (AvgIpc) is 3.05.